The Labute approximate surface area is 224 Å². The van der Waals surface area contributed by atoms with Gasteiger partial charge in [-0.25, -0.2) is 8.96 Å². The van der Waals surface area contributed by atoms with Crippen molar-refractivity contribution in [1.82, 2.24) is 0 Å². The highest BCUT2D eigenvalue weighted by Crippen LogP contribution is 2.46. The van der Waals surface area contributed by atoms with E-state index in [0.717, 1.165) is 58.0 Å². The maximum Gasteiger partial charge on any atom is 0.216 e. The minimum atomic E-state index is -0.199. The molecule has 3 heteroatoms. The molecule has 0 amide bonds. The maximum absolute atomic E-state index is 15.8. The summed E-state index contributed by atoms with van der Waals surface area (Å²) in [4.78, 5) is 0. The Kier molecular flexibility index (Phi) is 5.65. The Morgan fingerprint density at radius 2 is 1.50 bits per heavy atom. The van der Waals surface area contributed by atoms with Crippen LogP contribution in [0.5, 0.6) is 0 Å². The van der Waals surface area contributed by atoms with Crippen LogP contribution in [-0.2, 0) is 19.9 Å². The highest BCUT2D eigenvalue weighted by molar-refractivity contribution is 6.13. The average molecular weight is 505 g/mol. The van der Waals surface area contributed by atoms with Crippen LogP contribution in [-0.4, -0.2) is 0 Å². The predicted octanol–water partition coefficient (Wildman–Crippen LogP) is 9.04. The molecule has 3 aromatic carbocycles. The van der Waals surface area contributed by atoms with Gasteiger partial charge in [0.05, 0.1) is 11.1 Å². The molecule has 2 aliphatic carbocycles. The third kappa shape index (κ3) is 3.62. The van der Waals surface area contributed by atoms with E-state index in [9.17, 15) is 0 Å². The van der Waals surface area contributed by atoms with Crippen LogP contribution in [0.1, 0.15) is 72.3 Å². The first-order valence-corrected chi connectivity index (χ1v) is 14.3. The van der Waals surface area contributed by atoms with Crippen LogP contribution < -0.4 is 4.57 Å². The van der Waals surface area contributed by atoms with E-state index in [1.165, 1.54) is 54.4 Å². The molecule has 2 nitrogen and oxygen atoms in total. The first kappa shape index (κ1) is 23.6. The second kappa shape index (κ2) is 9.08. The molecule has 0 unspecified atom stereocenters. The van der Waals surface area contributed by atoms with Crippen molar-refractivity contribution in [2.75, 3.05) is 0 Å². The molecular formula is C35H35FNO+. The Bertz CT molecular complexity index is 1720. The molecule has 1 fully saturated rings. The van der Waals surface area contributed by atoms with Crippen molar-refractivity contribution in [1.29, 1.82) is 0 Å². The molecule has 0 atom stereocenters. The van der Waals surface area contributed by atoms with Crippen LogP contribution in [0.2, 0.25) is 0 Å². The van der Waals surface area contributed by atoms with Gasteiger partial charge in [0.15, 0.2) is 6.20 Å². The Morgan fingerprint density at radius 3 is 2.29 bits per heavy atom. The van der Waals surface area contributed by atoms with Gasteiger partial charge in [0.1, 0.15) is 24.0 Å². The average Bonchev–Trinajstić information content (AvgIpc) is 3.55. The monoisotopic (exact) mass is 504 g/mol. The van der Waals surface area contributed by atoms with Gasteiger partial charge in [-0.1, -0.05) is 43.5 Å². The lowest BCUT2D eigenvalue weighted by Gasteiger charge is -2.25. The number of nitrogens with zero attached hydrogens (tertiary/aromatic N) is 1. The molecule has 192 valence electrons. The first-order valence-electron chi connectivity index (χ1n) is 14.3. The van der Waals surface area contributed by atoms with E-state index in [0.29, 0.717) is 17.1 Å². The van der Waals surface area contributed by atoms with Crippen molar-refractivity contribution in [3.63, 3.8) is 0 Å². The molecule has 0 spiro atoms. The summed E-state index contributed by atoms with van der Waals surface area (Å²) in [6.07, 6.45) is 12.0. The second-order valence-electron chi connectivity index (χ2n) is 11.6. The topological polar surface area (TPSA) is 17.0 Å². The van der Waals surface area contributed by atoms with Crippen molar-refractivity contribution in [3.05, 3.63) is 88.4 Å². The number of pyridine rings is 1. The molecule has 0 saturated heterocycles. The van der Waals surface area contributed by atoms with E-state index in [1.54, 1.807) is 6.07 Å². The standard InChI is InChI=1S/C35H35FNO/c1-21-12-19-31(37(3)20-21)32-22(2)13-14-28-29-17-18-30(36)33(35(29)38-34(28)32)27-16-15-24(23-8-5-4-6-9-23)25-10-7-11-26(25)27/h12-20,23H,4-11H2,1-3H3/q+1. The molecule has 5 aromatic rings. The van der Waals surface area contributed by atoms with Crippen molar-refractivity contribution < 1.29 is 13.4 Å². The van der Waals surface area contributed by atoms with E-state index >= 15 is 4.39 Å². The zero-order valence-corrected chi connectivity index (χ0v) is 22.7. The van der Waals surface area contributed by atoms with E-state index < -0.39 is 0 Å². The minimum Gasteiger partial charge on any atom is -0.454 e. The van der Waals surface area contributed by atoms with Crippen molar-refractivity contribution in [2.24, 2.45) is 7.05 Å². The van der Waals surface area contributed by atoms with Gasteiger partial charge >= 0.3 is 0 Å². The summed E-state index contributed by atoms with van der Waals surface area (Å²) in [6.45, 7) is 4.23. The Balaban J connectivity index is 1.47. The lowest BCUT2D eigenvalue weighted by Crippen LogP contribution is -2.31. The van der Waals surface area contributed by atoms with Crippen molar-refractivity contribution >= 4 is 21.9 Å². The number of benzene rings is 3. The second-order valence-corrected chi connectivity index (χ2v) is 11.6. The molecule has 2 aliphatic rings. The summed E-state index contributed by atoms with van der Waals surface area (Å²) in [5.41, 5.74) is 12.1. The highest BCUT2D eigenvalue weighted by atomic mass is 19.1. The summed E-state index contributed by atoms with van der Waals surface area (Å²) in [7, 11) is 2.07. The lowest BCUT2D eigenvalue weighted by molar-refractivity contribution is -0.660. The molecular weight excluding hydrogens is 469 g/mol. The summed E-state index contributed by atoms with van der Waals surface area (Å²) < 4.78 is 24.7. The van der Waals surface area contributed by atoms with Crippen molar-refractivity contribution in [3.8, 4) is 22.4 Å². The first-order chi connectivity index (χ1) is 18.5. The van der Waals surface area contributed by atoms with Gasteiger partial charge in [-0.05, 0) is 97.9 Å². The molecule has 0 bridgehead atoms. The SMILES string of the molecule is Cc1ccc(-c2c(C)ccc3c2oc2c(-c4ccc(C5CCCCC5)c5c4CCC5)c(F)ccc23)[n+](C)c1. The van der Waals surface area contributed by atoms with Crippen LogP contribution in [0.25, 0.3) is 44.3 Å². The van der Waals surface area contributed by atoms with Gasteiger partial charge in [0, 0.05) is 22.4 Å². The molecule has 7 rings (SSSR count). The Hall–Kier alpha value is -3.46. The maximum atomic E-state index is 15.8. The number of rotatable bonds is 3. The molecule has 0 radical (unpaired) electrons. The van der Waals surface area contributed by atoms with Gasteiger partial charge in [0.25, 0.3) is 0 Å². The van der Waals surface area contributed by atoms with E-state index in [1.807, 2.05) is 6.07 Å². The third-order valence-electron chi connectivity index (χ3n) is 9.14. The van der Waals surface area contributed by atoms with Crippen molar-refractivity contribution in [2.45, 2.75) is 71.1 Å². The highest BCUT2D eigenvalue weighted by Gasteiger charge is 2.28. The molecule has 0 aliphatic heterocycles. The minimum absolute atomic E-state index is 0.199. The summed E-state index contributed by atoms with van der Waals surface area (Å²) in [5.74, 6) is 0.465. The Morgan fingerprint density at radius 1 is 0.763 bits per heavy atom. The third-order valence-corrected chi connectivity index (χ3v) is 9.14. The fraction of sp³-hybridized carbons (Fsp3) is 0.343. The van der Waals surface area contributed by atoms with Crippen LogP contribution in [0.3, 0.4) is 0 Å². The molecule has 2 heterocycles. The normalized spacial score (nSPS) is 16.0. The quantitative estimate of drug-likeness (QED) is 0.224. The van der Waals surface area contributed by atoms with Gasteiger partial charge in [-0.15, -0.1) is 0 Å². The number of aromatic nitrogens is 1. The number of fused-ring (bicyclic) bond motifs is 4. The van der Waals surface area contributed by atoms with Gasteiger partial charge in [-0.2, -0.15) is 0 Å². The molecule has 2 aromatic heterocycles. The fourth-order valence-corrected chi connectivity index (χ4v) is 7.32. The summed E-state index contributed by atoms with van der Waals surface area (Å²) >= 11 is 0. The zero-order valence-electron chi connectivity index (χ0n) is 22.7. The molecule has 38 heavy (non-hydrogen) atoms. The number of hydrogen-bond acceptors (Lipinski definition) is 1. The van der Waals surface area contributed by atoms with Crippen LogP contribution in [0, 0.1) is 19.7 Å². The molecule has 0 N–H and O–H groups in total. The van der Waals surface area contributed by atoms with Gasteiger partial charge in [-0.3, -0.25) is 0 Å². The number of halogens is 1. The zero-order chi connectivity index (χ0) is 26.0. The van der Waals surface area contributed by atoms with E-state index in [2.05, 4.69) is 68.1 Å². The van der Waals surface area contributed by atoms with Crippen LogP contribution in [0.15, 0.2) is 59.1 Å². The summed E-state index contributed by atoms with van der Waals surface area (Å²) in [5, 5.41) is 2.02. The predicted molar refractivity (Wildman–Crippen MR) is 153 cm³/mol. The largest absolute Gasteiger partial charge is 0.454 e. The van der Waals surface area contributed by atoms with E-state index in [-0.39, 0.29) is 5.82 Å². The fourth-order valence-electron chi connectivity index (χ4n) is 7.32. The van der Waals surface area contributed by atoms with Gasteiger partial charge < -0.3 is 4.42 Å². The smallest absolute Gasteiger partial charge is 0.216 e. The van der Waals surface area contributed by atoms with E-state index in [4.69, 9.17) is 4.42 Å². The summed E-state index contributed by atoms with van der Waals surface area (Å²) in [6, 6.07) is 16.6. The number of hydrogen-bond donors (Lipinski definition) is 0. The lowest BCUT2D eigenvalue weighted by atomic mass is 9.80. The van der Waals surface area contributed by atoms with Crippen LogP contribution in [0.4, 0.5) is 4.39 Å². The van der Waals surface area contributed by atoms with Crippen LogP contribution >= 0.6 is 0 Å². The molecule has 1 saturated carbocycles. The number of furan rings is 1. The number of aryl methyl sites for hydroxylation is 3. The van der Waals surface area contributed by atoms with Gasteiger partial charge in [0.2, 0.25) is 5.69 Å².